The predicted molar refractivity (Wildman–Crippen MR) is 99.9 cm³/mol. The summed E-state index contributed by atoms with van der Waals surface area (Å²) in [6.45, 7) is 6.74. The predicted octanol–water partition coefficient (Wildman–Crippen LogP) is 2.86. The van der Waals surface area contributed by atoms with E-state index in [0.717, 1.165) is 32.3 Å². The number of benzene rings is 1. The van der Waals surface area contributed by atoms with Gasteiger partial charge in [0.1, 0.15) is 11.6 Å². The maximum Gasteiger partial charge on any atom is 0.263 e. The van der Waals surface area contributed by atoms with E-state index in [9.17, 15) is 4.79 Å². The maximum atomic E-state index is 11.9. The Morgan fingerprint density at radius 2 is 1.92 bits per heavy atom. The Morgan fingerprint density at radius 3 is 2.60 bits per heavy atom. The molecular weight excluding hydrogens is 314 g/mol. The molecule has 0 unspecified atom stereocenters. The van der Waals surface area contributed by atoms with E-state index in [2.05, 4.69) is 48.7 Å². The van der Waals surface area contributed by atoms with Gasteiger partial charge in [0.25, 0.3) is 5.91 Å². The van der Waals surface area contributed by atoms with E-state index in [-0.39, 0.29) is 11.5 Å². The standard InChI is InChI=1S/C20H29N3O2/c1-3-4-13-25-14-5-11-23-20(24)19(15-21)16-22-12-10-18-8-6-17(2)7-9-18/h6-9,16,22H,3-5,10-14H2,1-2H3,(H,23,24)/b19-16-. The third-order valence-corrected chi connectivity index (χ3v) is 3.68. The molecule has 5 nitrogen and oxygen atoms in total. The second-order valence-electron chi connectivity index (χ2n) is 5.93. The largest absolute Gasteiger partial charge is 0.389 e. The Kier molecular flexibility index (Phi) is 10.8. The highest BCUT2D eigenvalue weighted by molar-refractivity contribution is 5.97. The summed E-state index contributed by atoms with van der Waals surface area (Å²) < 4.78 is 5.43. The number of nitrogens with one attached hydrogen (secondary N) is 2. The van der Waals surface area contributed by atoms with E-state index in [1.807, 2.05) is 6.07 Å². The number of rotatable bonds is 12. The van der Waals surface area contributed by atoms with Crippen LogP contribution in [0.3, 0.4) is 0 Å². The van der Waals surface area contributed by atoms with Crippen molar-refractivity contribution in [3.05, 3.63) is 47.2 Å². The monoisotopic (exact) mass is 343 g/mol. The smallest absolute Gasteiger partial charge is 0.263 e. The second-order valence-corrected chi connectivity index (χ2v) is 5.93. The van der Waals surface area contributed by atoms with E-state index < -0.39 is 0 Å². The van der Waals surface area contributed by atoms with Crippen LogP contribution in [0.2, 0.25) is 0 Å². The van der Waals surface area contributed by atoms with E-state index in [0.29, 0.717) is 19.7 Å². The van der Waals surface area contributed by atoms with Crippen LogP contribution in [0.15, 0.2) is 36.0 Å². The first-order chi connectivity index (χ1) is 12.2. The van der Waals surface area contributed by atoms with Gasteiger partial charge in [0.15, 0.2) is 0 Å². The molecule has 136 valence electrons. The number of nitrogens with zero attached hydrogens (tertiary/aromatic N) is 1. The van der Waals surface area contributed by atoms with Crippen LogP contribution in [-0.2, 0) is 16.0 Å². The van der Waals surface area contributed by atoms with Crippen LogP contribution in [0.25, 0.3) is 0 Å². The normalized spacial score (nSPS) is 11.0. The minimum atomic E-state index is -0.348. The van der Waals surface area contributed by atoms with Crippen LogP contribution in [0, 0.1) is 18.3 Å². The number of hydrogen-bond donors (Lipinski definition) is 2. The molecule has 0 aliphatic rings. The van der Waals surface area contributed by atoms with Crippen LogP contribution in [-0.4, -0.2) is 32.2 Å². The van der Waals surface area contributed by atoms with Crippen LogP contribution in [0.4, 0.5) is 0 Å². The number of amides is 1. The third-order valence-electron chi connectivity index (χ3n) is 3.68. The lowest BCUT2D eigenvalue weighted by Crippen LogP contribution is -2.27. The number of nitriles is 1. The Balaban J connectivity index is 2.22. The zero-order chi connectivity index (χ0) is 18.3. The van der Waals surface area contributed by atoms with Crippen molar-refractivity contribution in [2.75, 3.05) is 26.3 Å². The van der Waals surface area contributed by atoms with Crippen molar-refractivity contribution in [3.63, 3.8) is 0 Å². The van der Waals surface area contributed by atoms with Gasteiger partial charge in [-0.15, -0.1) is 0 Å². The minimum absolute atomic E-state index is 0.0933. The van der Waals surface area contributed by atoms with Gasteiger partial charge in [-0.2, -0.15) is 5.26 Å². The van der Waals surface area contributed by atoms with Crippen molar-refractivity contribution < 1.29 is 9.53 Å². The zero-order valence-electron chi connectivity index (χ0n) is 15.3. The molecule has 1 aromatic carbocycles. The number of carbonyl (C=O) groups is 1. The van der Waals surface area contributed by atoms with Crippen LogP contribution in [0.1, 0.15) is 37.3 Å². The van der Waals surface area contributed by atoms with Crippen LogP contribution >= 0.6 is 0 Å². The van der Waals surface area contributed by atoms with Crippen LogP contribution < -0.4 is 10.6 Å². The van der Waals surface area contributed by atoms with Gasteiger partial charge < -0.3 is 15.4 Å². The Labute approximate surface area is 151 Å². The Bertz CT molecular complexity index is 574. The molecule has 0 spiro atoms. The van der Waals surface area contributed by atoms with Crippen LogP contribution in [0.5, 0.6) is 0 Å². The fourth-order valence-electron chi connectivity index (χ4n) is 2.11. The Morgan fingerprint density at radius 1 is 1.20 bits per heavy atom. The molecule has 0 aliphatic carbocycles. The van der Waals surface area contributed by atoms with E-state index in [4.69, 9.17) is 10.00 Å². The average Bonchev–Trinajstić information content (AvgIpc) is 2.62. The molecule has 0 aromatic heterocycles. The molecule has 1 rings (SSSR count). The second kappa shape index (κ2) is 13.0. The van der Waals surface area contributed by atoms with Gasteiger partial charge in [0, 0.05) is 32.5 Å². The summed E-state index contributed by atoms with van der Waals surface area (Å²) in [7, 11) is 0. The number of hydrogen-bond acceptors (Lipinski definition) is 4. The van der Waals surface area contributed by atoms with Gasteiger partial charge in [-0.05, 0) is 31.7 Å². The zero-order valence-corrected chi connectivity index (χ0v) is 15.3. The molecule has 1 amide bonds. The highest BCUT2D eigenvalue weighted by atomic mass is 16.5. The Hall–Kier alpha value is -2.32. The van der Waals surface area contributed by atoms with Gasteiger partial charge in [0.2, 0.25) is 0 Å². The molecule has 0 atom stereocenters. The molecule has 0 saturated heterocycles. The summed E-state index contributed by atoms with van der Waals surface area (Å²) in [6.07, 6.45) is 5.24. The molecule has 0 aliphatic heterocycles. The summed E-state index contributed by atoms with van der Waals surface area (Å²) in [5.41, 5.74) is 2.55. The lowest BCUT2D eigenvalue weighted by molar-refractivity contribution is -0.117. The average molecular weight is 343 g/mol. The van der Waals surface area contributed by atoms with Gasteiger partial charge in [0.05, 0.1) is 0 Å². The molecule has 25 heavy (non-hydrogen) atoms. The summed E-state index contributed by atoms with van der Waals surface area (Å²) >= 11 is 0. The highest BCUT2D eigenvalue weighted by Gasteiger charge is 2.07. The van der Waals surface area contributed by atoms with Gasteiger partial charge in [-0.3, -0.25) is 4.79 Å². The molecular formula is C20H29N3O2. The molecule has 0 saturated carbocycles. The fourth-order valence-corrected chi connectivity index (χ4v) is 2.11. The van der Waals surface area contributed by atoms with E-state index >= 15 is 0 Å². The van der Waals surface area contributed by atoms with Gasteiger partial charge >= 0.3 is 0 Å². The molecule has 0 heterocycles. The van der Waals surface area contributed by atoms with E-state index in [1.165, 1.54) is 17.3 Å². The minimum Gasteiger partial charge on any atom is -0.389 e. The van der Waals surface area contributed by atoms with Crippen molar-refractivity contribution in [1.29, 1.82) is 5.26 Å². The maximum absolute atomic E-state index is 11.9. The van der Waals surface area contributed by atoms with Crippen molar-refractivity contribution in [1.82, 2.24) is 10.6 Å². The summed E-state index contributed by atoms with van der Waals surface area (Å²) in [6, 6.07) is 10.3. The fraction of sp³-hybridized carbons (Fsp3) is 0.500. The summed E-state index contributed by atoms with van der Waals surface area (Å²) in [5, 5.41) is 14.9. The molecule has 5 heteroatoms. The molecule has 0 fully saturated rings. The number of carbonyl (C=O) groups excluding carboxylic acids is 1. The third kappa shape index (κ3) is 9.53. The van der Waals surface area contributed by atoms with Crippen molar-refractivity contribution in [3.8, 4) is 6.07 Å². The number of aryl methyl sites for hydroxylation is 1. The van der Waals surface area contributed by atoms with Crippen molar-refractivity contribution >= 4 is 5.91 Å². The SMILES string of the molecule is CCCCOCCCNC(=O)/C(C#N)=C\NCCc1ccc(C)cc1. The molecule has 0 radical (unpaired) electrons. The topological polar surface area (TPSA) is 74.1 Å². The lowest BCUT2D eigenvalue weighted by atomic mass is 10.1. The first kappa shape index (κ1) is 20.7. The first-order valence-electron chi connectivity index (χ1n) is 8.92. The summed E-state index contributed by atoms with van der Waals surface area (Å²) in [5.74, 6) is -0.348. The molecule has 1 aromatic rings. The molecule has 2 N–H and O–H groups in total. The summed E-state index contributed by atoms with van der Waals surface area (Å²) in [4.78, 5) is 11.9. The van der Waals surface area contributed by atoms with Gasteiger partial charge in [-0.1, -0.05) is 43.2 Å². The highest BCUT2D eigenvalue weighted by Crippen LogP contribution is 2.03. The quantitative estimate of drug-likeness (QED) is 0.348. The van der Waals surface area contributed by atoms with E-state index in [1.54, 1.807) is 0 Å². The van der Waals surface area contributed by atoms with Gasteiger partial charge in [-0.25, -0.2) is 0 Å². The number of unbranched alkanes of at least 4 members (excludes halogenated alkanes) is 1. The first-order valence-corrected chi connectivity index (χ1v) is 8.92. The van der Waals surface area contributed by atoms with Crippen molar-refractivity contribution in [2.45, 2.75) is 39.5 Å². The molecule has 0 bridgehead atoms. The number of ether oxygens (including phenoxy) is 1. The lowest BCUT2D eigenvalue weighted by Gasteiger charge is -2.06. The van der Waals surface area contributed by atoms with Crippen molar-refractivity contribution in [2.24, 2.45) is 0 Å².